The third kappa shape index (κ3) is 3.28. The van der Waals surface area contributed by atoms with Gasteiger partial charge < -0.3 is 9.64 Å². The first-order chi connectivity index (χ1) is 13.1. The Kier molecular flexibility index (Phi) is 4.58. The van der Waals surface area contributed by atoms with Crippen molar-refractivity contribution in [3.05, 3.63) is 59.9 Å². The predicted molar refractivity (Wildman–Crippen MR) is 97.5 cm³/mol. The van der Waals surface area contributed by atoms with Crippen LogP contribution in [0.4, 0.5) is 10.5 Å². The third-order valence-electron chi connectivity index (χ3n) is 5.06. The Morgan fingerprint density at radius 2 is 1.59 bits per heavy atom. The summed E-state index contributed by atoms with van der Waals surface area (Å²) < 4.78 is 5.30. The van der Waals surface area contributed by atoms with Gasteiger partial charge in [-0.05, 0) is 43.0 Å². The van der Waals surface area contributed by atoms with E-state index in [9.17, 15) is 14.4 Å². The smallest absolute Gasteiger partial charge is 0.424 e. The number of piperidine rings is 1. The van der Waals surface area contributed by atoms with Gasteiger partial charge in [0.05, 0.1) is 17.7 Å². The summed E-state index contributed by atoms with van der Waals surface area (Å²) in [7, 11) is 0. The van der Waals surface area contributed by atoms with Crippen molar-refractivity contribution in [1.82, 2.24) is 9.88 Å². The van der Waals surface area contributed by atoms with E-state index in [1.54, 1.807) is 24.5 Å². The predicted octanol–water partition coefficient (Wildman–Crippen LogP) is 2.73. The van der Waals surface area contributed by atoms with Crippen molar-refractivity contribution < 1.29 is 19.1 Å². The van der Waals surface area contributed by atoms with Crippen LogP contribution in [-0.2, 0) is 4.74 Å². The van der Waals surface area contributed by atoms with Gasteiger partial charge >= 0.3 is 6.09 Å². The molecule has 0 unspecified atom stereocenters. The summed E-state index contributed by atoms with van der Waals surface area (Å²) in [5.41, 5.74) is 1.61. The fourth-order valence-electron chi connectivity index (χ4n) is 3.52. The zero-order chi connectivity index (χ0) is 18.8. The van der Waals surface area contributed by atoms with Crippen LogP contribution in [0.15, 0.2) is 48.8 Å². The van der Waals surface area contributed by atoms with E-state index in [1.807, 2.05) is 12.1 Å². The van der Waals surface area contributed by atoms with E-state index >= 15 is 0 Å². The number of fused-ring (bicyclic) bond motifs is 1. The summed E-state index contributed by atoms with van der Waals surface area (Å²) >= 11 is 0. The van der Waals surface area contributed by atoms with Crippen molar-refractivity contribution in [3.63, 3.8) is 0 Å². The average Bonchev–Trinajstić information content (AvgIpc) is 2.98. The molecule has 0 saturated carbocycles. The molecule has 0 atom stereocenters. The number of aromatic nitrogens is 1. The second-order valence-corrected chi connectivity index (χ2v) is 6.70. The molecule has 3 heterocycles. The second-order valence-electron chi connectivity index (χ2n) is 6.70. The Labute approximate surface area is 156 Å². The van der Waals surface area contributed by atoms with Crippen LogP contribution >= 0.6 is 0 Å². The molecule has 2 aliphatic heterocycles. The number of ether oxygens (including phenoxy) is 1. The summed E-state index contributed by atoms with van der Waals surface area (Å²) in [4.78, 5) is 43.8. The molecule has 2 aliphatic rings. The summed E-state index contributed by atoms with van der Waals surface area (Å²) in [5, 5.41) is 0. The SMILES string of the molecule is O=C(OCC1CCN(c2ccncc2)CC1)N1C(=O)c2ccccc2C1=O. The number of carbonyl (C=O) groups is 3. The summed E-state index contributed by atoms with van der Waals surface area (Å²) in [5.74, 6) is -1.02. The highest BCUT2D eigenvalue weighted by Gasteiger charge is 2.41. The molecule has 1 saturated heterocycles. The molecule has 2 aromatic rings. The Bertz CT molecular complexity index is 841. The fraction of sp³-hybridized carbons (Fsp3) is 0.300. The lowest BCUT2D eigenvalue weighted by Gasteiger charge is -2.33. The number of carbonyl (C=O) groups excluding carboxylic acids is 3. The lowest BCUT2D eigenvalue weighted by Crippen LogP contribution is -2.39. The molecule has 0 N–H and O–H groups in total. The van der Waals surface area contributed by atoms with Crippen LogP contribution in [0.2, 0.25) is 0 Å². The second kappa shape index (κ2) is 7.19. The minimum Gasteiger partial charge on any atom is -0.448 e. The summed E-state index contributed by atoms with van der Waals surface area (Å²) in [6, 6.07) is 10.4. The number of hydrogen-bond donors (Lipinski definition) is 0. The normalized spacial score (nSPS) is 17.2. The van der Waals surface area contributed by atoms with Crippen LogP contribution in [0.1, 0.15) is 33.6 Å². The maximum absolute atomic E-state index is 12.3. The highest BCUT2D eigenvalue weighted by atomic mass is 16.6. The number of rotatable bonds is 3. The molecule has 7 nitrogen and oxygen atoms in total. The monoisotopic (exact) mass is 365 g/mol. The molecule has 1 aromatic carbocycles. The van der Waals surface area contributed by atoms with Gasteiger partial charge in [0, 0.05) is 31.2 Å². The van der Waals surface area contributed by atoms with Gasteiger partial charge in [0.2, 0.25) is 0 Å². The van der Waals surface area contributed by atoms with Crippen LogP contribution in [0.3, 0.4) is 0 Å². The number of anilines is 1. The minimum atomic E-state index is -0.891. The minimum absolute atomic E-state index is 0.205. The Morgan fingerprint density at radius 3 is 2.19 bits per heavy atom. The Hall–Kier alpha value is -3.22. The van der Waals surface area contributed by atoms with E-state index < -0.39 is 17.9 Å². The molecule has 27 heavy (non-hydrogen) atoms. The number of amides is 3. The van der Waals surface area contributed by atoms with Crippen molar-refractivity contribution in [2.24, 2.45) is 5.92 Å². The number of benzene rings is 1. The van der Waals surface area contributed by atoms with Crippen molar-refractivity contribution in [3.8, 4) is 0 Å². The standard InChI is InChI=1S/C20H19N3O4/c24-18-16-3-1-2-4-17(16)19(25)23(18)20(26)27-13-14-7-11-22(12-8-14)15-5-9-21-10-6-15/h1-6,9-10,14H,7-8,11-13H2. The molecule has 0 bridgehead atoms. The molecule has 1 aromatic heterocycles. The van der Waals surface area contributed by atoms with E-state index in [0.29, 0.717) is 4.90 Å². The van der Waals surface area contributed by atoms with Gasteiger partial charge in [0.1, 0.15) is 0 Å². The highest BCUT2D eigenvalue weighted by molar-refractivity contribution is 6.28. The molecular weight excluding hydrogens is 346 g/mol. The number of hydrogen-bond acceptors (Lipinski definition) is 6. The molecule has 138 valence electrons. The van der Waals surface area contributed by atoms with Gasteiger partial charge in [0.15, 0.2) is 0 Å². The van der Waals surface area contributed by atoms with Gasteiger partial charge in [-0.2, -0.15) is 4.90 Å². The van der Waals surface area contributed by atoms with Crippen LogP contribution < -0.4 is 4.90 Å². The van der Waals surface area contributed by atoms with Crippen molar-refractivity contribution in [2.75, 3.05) is 24.6 Å². The van der Waals surface area contributed by atoms with E-state index in [2.05, 4.69) is 9.88 Å². The van der Waals surface area contributed by atoms with Gasteiger partial charge in [-0.3, -0.25) is 14.6 Å². The highest BCUT2D eigenvalue weighted by Crippen LogP contribution is 2.25. The third-order valence-corrected chi connectivity index (χ3v) is 5.06. The molecule has 3 amide bonds. The van der Waals surface area contributed by atoms with E-state index in [4.69, 9.17) is 4.74 Å². The lowest BCUT2D eigenvalue weighted by atomic mass is 9.97. The molecule has 4 rings (SSSR count). The lowest BCUT2D eigenvalue weighted by molar-refractivity contribution is 0.0545. The molecule has 0 spiro atoms. The molecule has 0 radical (unpaired) electrons. The maximum atomic E-state index is 12.3. The number of nitrogens with zero attached hydrogens (tertiary/aromatic N) is 3. The fourth-order valence-corrected chi connectivity index (χ4v) is 3.52. The van der Waals surface area contributed by atoms with Crippen molar-refractivity contribution in [2.45, 2.75) is 12.8 Å². The first-order valence-electron chi connectivity index (χ1n) is 8.94. The Morgan fingerprint density at radius 1 is 1.00 bits per heavy atom. The van der Waals surface area contributed by atoms with Gasteiger partial charge in [-0.15, -0.1) is 0 Å². The summed E-state index contributed by atoms with van der Waals surface area (Å²) in [6.07, 6.45) is 4.39. The van der Waals surface area contributed by atoms with Crippen LogP contribution in [0.25, 0.3) is 0 Å². The number of imide groups is 3. The zero-order valence-corrected chi connectivity index (χ0v) is 14.7. The maximum Gasteiger partial charge on any atom is 0.424 e. The van der Waals surface area contributed by atoms with Gasteiger partial charge in [-0.25, -0.2) is 4.79 Å². The quantitative estimate of drug-likeness (QED) is 0.778. The summed E-state index contributed by atoms with van der Waals surface area (Å²) in [6.45, 7) is 1.93. The first-order valence-corrected chi connectivity index (χ1v) is 8.94. The van der Waals surface area contributed by atoms with Gasteiger partial charge in [0.25, 0.3) is 11.8 Å². The first kappa shape index (κ1) is 17.2. The molecule has 7 heteroatoms. The van der Waals surface area contributed by atoms with Crippen LogP contribution in [0.5, 0.6) is 0 Å². The average molecular weight is 365 g/mol. The van der Waals surface area contributed by atoms with Crippen molar-refractivity contribution in [1.29, 1.82) is 0 Å². The van der Waals surface area contributed by atoms with Crippen molar-refractivity contribution >= 4 is 23.6 Å². The van der Waals surface area contributed by atoms with E-state index in [-0.39, 0.29) is 23.7 Å². The van der Waals surface area contributed by atoms with E-state index in [1.165, 1.54) is 12.1 Å². The van der Waals surface area contributed by atoms with Gasteiger partial charge in [-0.1, -0.05) is 12.1 Å². The largest absolute Gasteiger partial charge is 0.448 e. The van der Waals surface area contributed by atoms with Crippen LogP contribution in [0, 0.1) is 5.92 Å². The molecular formula is C20H19N3O4. The zero-order valence-electron chi connectivity index (χ0n) is 14.7. The van der Waals surface area contributed by atoms with E-state index in [0.717, 1.165) is 31.6 Å². The topological polar surface area (TPSA) is 79.8 Å². The molecule has 1 fully saturated rings. The van der Waals surface area contributed by atoms with Crippen LogP contribution in [-0.4, -0.2) is 47.5 Å². The Balaban J connectivity index is 1.31. The number of pyridine rings is 1. The molecule has 0 aliphatic carbocycles.